The van der Waals surface area contributed by atoms with Gasteiger partial charge in [-0.05, 0) is 116 Å². The molecular weight excluding hydrogens is 1000 g/mol. The van der Waals surface area contributed by atoms with Crippen molar-refractivity contribution in [2.24, 2.45) is 0 Å². The number of esters is 1. The van der Waals surface area contributed by atoms with Gasteiger partial charge < -0.3 is 34.3 Å². The average molecular weight is 1110 g/mol. The Bertz CT molecular complexity index is 1910. The lowest BCUT2D eigenvalue weighted by atomic mass is 9.99. The van der Waals surface area contributed by atoms with Gasteiger partial charge in [-0.25, -0.2) is 4.18 Å². The maximum absolute atomic E-state index is 13.0. The van der Waals surface area contributed by atoms with E-state index in [9.17, 15) is 33.1 Å². The predicted octanol–water partition coefficient (Wildman–Crippen LogP) is 15.2. The zero-order chi connectivity index (χ0) is 56.7. The molecule has 78 heavy (non-hydrogen) atoms. The molecular formula is C65H104O12S. The molecule has 1 heterocycles. The highest BCUT2D eigenvalue weighted by atomic mass is 32.3. The minimum absolute atomic E-state index is 0.00813. The first-order chi connectivity index (χ1) is 38.1. The van der Waals surface area contributed by atoms with Gasteiger partial charge >= 0.3 is 16.4 Å². The van der Waals surface area contributed by atoms with Crippen LogP contribution in [0.3, 0.4) is 0 Å². The molecule has 1 fully saturated rings. The highest BCUT2D eigenvalue weighted by Gasteiger charge is 2.48. The number of hydrogen-bond acceptors (Lipinski definition) is 11. The van der Waals surface area contributed by atoms with Crippen molar-refractivity contribution in [3.63, 3.8) is 0 Å². The molecule has 0 spiro atoms. The van der Waals surface area contributed by atoms with E-state index < -0.39 is 59.8 Å². The molecule has 0 aromatic carbocycles. The van der Waals surface area contributed by atoms with Gasteiger partial charge in [-0.3, -0.25) is 9.35 Å². The molecule has 0 aromatic heterocycles. The molecule has 0 aliphatic carbocycles. The van der Waals surface area contributed by atoms with Crippen LogP contribution in [-0.2, 0) is 38.3 Å². The van der Waals surface area contributed by atoms with E-state index in [1.807, 2.05) is 0 Å². The van der Waals surface area contributed by atoms with E-state index >= 15 is 0 Å². The summed E-state index contributed by atoms with van der Waals surface area (Å²) >= 11 is 0. The van der Waals surface area contributed by atoms with E-state index in [4.69, 9.17) is 18.9 Å². The van der Waals surface area contributed by atoms with Gasteiger partial charge in [0.15, 0.2) is 6.29 Å². The number of hydrogen-bond donors (Lipinski definition) is 4. The summed E-state index contributed by atoms with van der Waals surface area (Å²) in [6.45, 7) is 3.70. The van der Waals surface area contributed by atoms with Gasteiger partial charge in [0.2, 0.25) is 0 Å². The Morgan fingerprint density at radius 1 is 0.487 bits per heavy atom. The minimum Gasteiger partial charge on any atom is -0.457 e. The molecule has 0 radical (unpaired) electrons. The lowest BCUT2D eigenvalue weighted by Crippen LogP contribution is -2.60. The van der Waals surface area contributed by atoms with E-state index in [1.54, 1.807) is 0 Å². The van der Waals surface area contributed by atoms with Crippen LogP contribution < -0.4 is 0 Å². The molecule has 13 heteroatoms. The number of allylic oxidation sites excluding steroid dienone is 24. The Hall–Kier alpha value is -4.02. The summed E-state index contributed by atoms with van der Waals surface area (Å²) in [6.07, 6.45) is 71.6. The van der Waals surface area contributed by atoms with Crippen LogP contribution in [0.2, 0.25) is 0 Å². The van der Waals surface area contributed by atoms with Crippen LogP contribution in [0.15, 0.2) is 146 Å². The van der Waals surface area contributed by atoms with E-state index in [0.717, 1.165) is 122 Å². The third-order valence-corrected chi connectivity index (χ3v) is 12.9. The molecule has 0 saturated carbocycles. The van der Waals surface area contributed by atoms with E-state index in [1.165, 1.54) is 44.9 Å². The lowest BCUT2D eigenvalue weighted by Gasteiger charge is -2.41. The predicted molar refractivity (Wildman–Crippen MR) is 321 cm³/mol. The van der Waals surface area contributed by atoms with Crippen molar-refractivity contribution < 1.29 is 56.2 Å². The van der Waals surface area contributed by atoms with Gasteiger partial charge in [0.25, 0.3) is 0 Å². The van der Waals surface area contributed by atoms with Crippen LogP contribution in [-0.4, -0.2) is 97.5 Å². The third kappa shape index (κ3) is 45.8. The second-order valence-electron chi connectivity index (χ2n) is 19.5. The summed E-state index contributed by atoms with van der Waals surface area (Å²) < 4.78 is 59.4. The Balaban J connectivity index is 2.35. The summed E-state index contributed by atoms with van der Waals surface area (Å²) in [7, 11) is -5.08. The fraction of sp³-hybridized carbons (Fsp3) is 0.615. The smallest absolute Gasteiger partial charge is 0.397 e. The van der Waals surface area contributed by atoms with Crippen LogP contribution >= 0.6 is 0 Å². The topological polar surface area (TPSA) is 178 Å². The largest absolute Gasteiger partial charge is 0.457 e. The van der Waals surface area contributed by atoms with Crippen LogP contribution in [0, 0.1) is 0 Å². The SMILES string of the molecule is CC/C=C\C/C=C\C/C=C\C/C=C\C/C=C\C/C=C\C/C=C\CCCCCC(=O)OC(COCCCCCCCCCCCC/C=C\C/C=C\C/C=C\C/C=C\C/C=C\CC)COC1OC(CO)C(O)C(OS(=O)(=O)O)C1O. The Labute approximate surface area is 473 Å². The fourth-order valence-electron chi connectivity index (χ4n) is 8.09. The zero-order valence-electron chi connectivity index (χ0n) is 47.9. The van der Waals surface area contributed by atoms with E-state index in [0.29, 0.717) is 13.0 Å². The van der Waals surface area contributed by atoms with Gasteiger partial charge in [0, 0.05) is 13.0 Å². The molecule has 1 rings (SSSR count). The van der Waals surface area contributed by atoms with Crippen molar-refractivity contribution in [1.82, 2.24) is 0 Å². The Kier molecular flexibility index (Phi) is 49.5. The average Bonchev–Trinajstić information content (AvgIpc) is 3.46. The molecule has 442 valence electrons. The molecule has 12 nitrogen and oxygen atoms in total. The van der Waals surface area contributed by atoms with Gasteiger partial charge in [-0.1, -0.05) is 217 Å². The van der Waals surface area contributed by atoms with Crippen molar-refractivity contribution in [1.29, 1.82) is 0 Å². The van der Waals surface area contributed by atoms with Crippen LogP contribution in [0.5, 0.6) is 0 Å². The lowest BCUT2D eigenvalue weighted by molar-refractivity contribution is -0.301. The highest BCUT2D eigenvalue weighted by molar-refractivity contribution is 7.80. The maximum Gasteiger partial charge on any atom is 0.397 e. The molecule has 1 aliphatic heterocycles. The molecule has 1 saturated heterocycles. The normalized spacial score (nSPS) is 19.5. The molecule has 4 N–H and O–H groups in total. The highest BCUT2D eigenvalue weighted by Crippen LogP contribution is 2.26. The monoisotopic (exact) mass is 1110 g/mol. The Morgan fingerprint density at radius 3 is 1.23 bits per heavy atom. The fourth-order valence-corrected chi connectivity index (χ4v) is 8.60. The van der Waals surface area contributed by atoms with Crippen LogP contribution in [0.1, 0.15) is 194 Å². The third-order valence-electron chi connectivity index (χ3n) is 12.5. The minimum atomic E-state index is -5.08. The molecule has 6 unspecified atom stereocenters. The molecule has 0 aromatic rings. The molecule has 0 bridgehead atoms. The number of aliphatic hydroxyl groups is 3. The van der Waals surface area contributed by atoms with Crippen molar-refractivity contribution >= 4 is 16.4 Å². The van der Waals surface area contributed by atoms with Crippen LogP contribution in [0.4, 0.5) is 0 Å². The number of aliphatic hydroxyl groups excluding tert-OH is 3. The second-order valence-corrected chi connectivity index (χ2v) is 20.5. The number of carbonyl (C=O) groups is 1. The quantitative estimate of drug-likeness (QED) is 0.0196. The van der Waals surface area contributed by atoms with Gasteiger partial charge in [-0.2, -0.15) is 8.42 Å². The molecule has 1 aliphatic rings. The van der Waals surface area contributed by atoms with Crippen molar-refractivity contribution in [3.05, 3.63) is 146 Å². The second kappa shape index (κ2) is 53.6. The van der Waals surface area contributed by atoms with Crippen molar-refractivity contribution in [2.45, 2.75) is 230 Å². The Morgan fingerprint density at radius 2 is 0.846 bits per heavy atom. The standard InChI is InChI=1S/C65H104O12S/c1-3-5-7-9-11-13-15-17-19-21-23-25-27-29-31-33-35-37-39-41-43-45-47-49-51-53-55-73-57-59(58-74-65-63(69)64(77-78(70,71)72)62(68)60(56-66)76-65)75-61(67)54-52-50-48-46-44-42-40-38-36-34-32-30-28-26-24-22-20-18-16-14-12-10-8-6-4-2/h5-8,11-14,17-20,23-26,29-32,36,38,42,44,59-60,62-66,68-69H,3-4,9-10,15-16,21-22,27-28,33-35,37,39-41,43,45-58H2,1-2H3,(H,70,71,72)/b7-5-,8-6-,13-11-,14-12-,19-17-,20-18-,25-23-,26-24-,31-29-,32-30-,38-36-,44-42-. The summed E-state index contributed by atoms with van der Waals surface area (Å²) in [5, 5.41) is 30.9. The molecule has 0 amide bonds. The zero-order valence-corrected chi connectivity index (χ0v) is 48.7. The van der Waals surface area contributed by atoms with Crippen molar-refractivity contribution in [3.8, 4) is 0 Å². The first kappa shape index (κ1) is 72.0. The maximum atomic E-state index is 13.0. The number of carbonyl (C=O) groups excluding carboxylic acids is 1. The number of ether oxygens (including phenoxy) is 4. The summed E-state index contributed by atoms with van der Waals surface area (Å²) in [6, 6.07) is 0. The number of unbranched alkanes of at least 4 members (excludes halogenated alkanes) is 13. The number of rotatable bonds is 50. The van der Waals surface area contributed by atoms with Crippen LogP contribution in [0.25, 0.3) is 0 Å². The molecule has 6 atom stereocenters. The van der Waals surface area contributed by atoms with Gasteiger partial charge in [-0.15, -0.1) is 0 Å². The van der Waals surface area contributed by atoms with E-state index in [2.05, 4.69) is 164 Å². The van der Waals surface area contributed by atoms with E-state index in [-0.39, 0.29) is 19.6 Å². The first-order valence-electron chi connectivity index (χ1n) is 29.6. The van der Waals surface area contributed by atoms with Gasteiger partial charge in [0.1, 0.15) is 30.5 Å². The summed E-state index contributed by atoms with van der Waals surface area (Å²) in [5.74, 6) is -0.438. The van der Waals surface area contributed by atoms with Gasteiger partial charge in [0.05, 0.1) is 19.8 Å². The first-order valence-corrected chi connectivity index (χ1v) is 31.0. The van der Waals surface area contributed by atoms with Crippen molar-refractivity contribution in [2.75, 3.05) is 26.4 Å². The summed E-state index contributed by atoms with van der Waals surface area (Å²) in [5.41, 5.74) is 0. The summed E-state index contributed by atoms with van der Waals surface area (Å²) in [4.78, 5) is 13.0.